The number of piperidine rings is 1. The molecule has 6 rings (SSSR count). The van der Waals surface area contributed by atoms with E-state index in [1.54, 1.807) is 12.3 Å². The number of nitrogens with one attached hydrogen (secondary N) is 2. The van der Waals surface area contributed by atoms with Crippen molar-refractivity contribution in [1.82, 2.24) is 29.6 Å². The summed E-state index contributed by atoms with van der Waals surface area (Å²) in [5.41, 5.74) is 4.33. The van der Waals surface area contributed by atoms with Crippen LogP contribution < -0.4 is 32.4 Å². The molecule has 0 saturated carbocycles. The molecule has 49 heavy (non-hydrogen) atoms. The van der Waals surface area contributed by atoms with Crippen molar-refractivity contribution in [3.63, 3.8) is 0 Å². The molecule has 0 unspecified atom stereocenters. The lowest BCUT2D eigenvalue weighted by molar-refractivity contribution is 0.101. The Morgan fingerprint density at radius 1 is 1.12 bits per heavy atom. The predicted octanol–water partition coefficient (Wildman–Crippen LogP) is 4.25. The molecule has 1 amide bonds. The van der Waals surface area contributed by atoms with Crippen LogP contribution in [0.25, 0.3) is 5.69 Å². The first-order valence-corrected chi connectivity index (χ1v) is 16.2. The van der Waals surface area contributed by atoms with E-state index in [2.05, 4.69) is 37.5 Å². The molecule has 250 valence electrons. The summed E-state index contributed by atoms with van der Waals surface area (Å²) in [4.78, 5) is 48.6. The van der Waals surface area contributed by atoms with Gasteiger partial charge in [-0.25, -0.2) is 32.8 Å². The zero-order valence-electron chi connectivity index (χ0n) is 26.2. The minimum absolute atomic E-state index is 0.0199. The fraction of sp³-hybridized carbons (Fsp3) is 0.235. The molecule has 4 heterocycles. The number of hydrogen-bond donors (Lipinski definition) is 3. The van der Waals surface area contributed by atoms with Gasteiger partial charge in [0, 0.05) is 35.8 Å². The third kappa shape index (κ3) is 7.72. The van der Waals surface area contributed by atoms with Gasteiger partial charge in [0.1, 0.15) is 22.9 Å². The number of ether oxygens (including phenoxy) is 1. The van der Waals surface area contributed by atoms with E-state index in [1.807, 2.05) is 0 Å². The molecule has 1 fully saturated rings. The second-order valence-electron chi connectivity index (χ2n) is 11.2. The highest BCUT2D eigenvalue weighted by Gasteiger charge is 2.22. The van der Waals surface area contributed by atoms with Crippen molar-refractivity contribution in [3.05, 3.63) is 115 Å². The van der Waals surface area contributed by atoms with Gasteiger partial charge in [-0.15, -0.1) is 11.3 Å². The van der Waals surface area contributed by atoms with Crippen molar-refractivity contribution in [1.29, 1.82) is 0 Å². The smallest absolute Gasteiger partial charge is 0.352 e. The standard InChI is InChI=1S/C34H30F2N8O4S/c1-20-40-24(19-49-20)18-43-34(47)44(25-8-5-22(35)6-9-25)33(46)30(42-43)32(45)41-23-7-10-29(27(36)17-23)48-28-13-16-39-31(37)26(28)4-2-3-21-11-14-38-15-12-21/h5-10,13,16-17,19,21,38H,3,11-12,14-15,18H2,1H3,(H2,37,39)(H,41,45). The Morgan fingerprint density at radius 3 is 2.61 bits per heavy atom. The summed E-state index contributed by atoms with van der Waals surface area (Å²) in [6.45, 7) is 3.55. The van der Waals surface area contributed by atoms with Crippen LogP contribution in [0.2, 0.25) is 0 Å². The number of hydrogen-bond acceptors (Lipinski definition) is 10. The minimum atomic E-state index is -1.05. The first-order valence-electron chi connectivity index (χ1n) is 15.3. The van der Waals surface area contributed by atoms with Gasteiger partial charge < -0.3 is 21.1 Å². The third-order valence-electron chi connectivity index (χ3n) is 7.73. The van der Waals surface area contributed by atoms with Gasteiger partial charge in [0.2, 0.25) is 5.69 Å². The largest absolute Gasteiger partial charge is 0.453 e. The Morgan fingerprint density at radius 2 is 1.90 bits per heavy atom. The van der Waals surface area contributed by atoms with Gasteiger partial charge in [-0.05, 0) is 75.2 Å². The summed E-state index contributed by atoms with van der Waals surface area (Å²) < 4.78 is 36.5. The molecule has 1 saturated heterocycles. The number of aryl methyl sites for hydroxylation is 1. The average Bonchev–Trinajstić information content (AvgIpc) is 3.50. The van der Waals surface area contributed by atoms with E-state index in [-0.39, 0.29) is 35.2 Å². The van der Waals surface area contributed by atoms with Crippen molar-refractivity contribution in [2.75, 3.05) is 24.1 Å². The van der Waals surface area contributed by atoms with Crippen LogP contribution in [0.4, 0.5) is 20.3 Å². The van der Waals surface area contributed by atoms with Gasteiger partial charge in [-0.3, -0.25) is 9.59 Å². The molecule has 0 radical (unpaired) electrons. The van der Waals surface area contributed by atoms with Crippen LogP contribution >= 0.6 is 11.3 Å². The SMILES string of the molecule is Cc1nc(Cn2nc(C(=O)Nc3ccc(Oc4ccnc(N)c4C#CCC4CCNCC4)c(F)c3)c(=O)n(-c3ccc(F)cc3)c2=O)cs1. The van der Waals surface area contributed by atoms with Crippen molar-refractivity contribution in [2.24, 2.45) is 5.92 Å². The Labute approximate surface area is 282 Å². The number of anilines is 2. The van der Waals surface area contributed by atoms with Crippen LogP contribution in [0.1, 0.15) is 46.0 Å². The molecular weight excluding hydrogens is 654 g/mol. The van der Waals surface area contributed by atoms with Gasteiger partial charge >= 0.3 is 5.69 Å². The summed E-state index contributed by atoms with van der Waals surface area (Å²) in [6.07, 6.45) is 4.18. The zero-order valence-corrected chi connectivity index (χ0v) is 27.0. The lowest BCUT2D eigenvalue weighted by Crippen LogP contribution is -2.44. The lowest BCUT2D eigenvalue weighted by atomic mass is 9.95. The van der Waals surface area contributed by atoms with E-state index in [0.29, 0.717) is 28.2 Å². The average molecular weight is 685 g/mol. The normalized spacial score (nSPS) is 13.0. The predicted molar refractivity (Wildman–Crippen MR) is 180 cm³/mol. The lowest BCUT2D eigenvalue weighted by Gasteiger charge is -2.20. The fourth-order valence-corrected chi connectivity index (χ4v) is 5.83. The molecule has 5 aromatic rings. The summed E-state index contributed by atoms with van der Waals surface area (Å²) >= 11 is 1.35. The molecular formula is C34H30F2N8O4S. The first-order chi connectivity index (χ1) is 23.7. The summed E-state index contributed by atoms with van der Waals surface area (Å²) in [5.74, 6) is 4.41. The summed E-state index contributed by atoms with van der Waals surface area (Å²) in [6, 6.07) is 9.81. The van der Waals surface area contributed by atoms with Crippen molar-refractivity contribution in [3.8, 4) is 29.0 Å². The van der Waals surface area contributed by atoms with Gasteiger partial charge in [0.15, 0.2) is 11.6 Å². The van der Waals surface area contributed by atoms with Crippen molar-refractivity contribution >= 4 is 28.7 Å². The zero-order chi connectivity index (χ0) is 34.5. The van der Waals surface area contributed by atoms with Gasteiger partial charge in [0.05, 0.1) is 22.9 Å². The van der Waals surface area contributed by atoms with Crippen LogP contribution in [0.3, 0.4) is 0 Å². The Hall–Kier alpha value is -5.72. The number of halogens is 2. The van der Waals surface area contributed by atoms with Gasteiger partial charge in [-0.1, -0.05) is 11.8 Å². The van der Waals surface area contributed by atoms with E-state index < -0.39 is 34.5 Å². The van der Waals surface area contributed by atoms with E-state index in [1.165, 1.54) is 47.9 Å². The minimum Gasteiger partial charge on any atom is -0.453 e. The van der Waals surface area contributed by atoms with Crippen molar-refractivity contribution in [2.45, 2.75) is 32.7 Å². The van der Waals surface area contributed by atoms with Crippen LogP contribution in [0.15, 0.2) is 69.7 Å². The number of pyridine rings is 1. The van der Waals surface area contributed by atoms with E-state index in [4.69, 9.17) is 10.5 Å². The molecule has 0 atom stereocenters. The van der Waals surface area contributed by atoms with Crippen LogP contribution in [-0.2, 0) is 6.54 Å². The molecule has 0 spiro atoms. The molecule has 2 aromatic carbocycles. The van der Waals surface area contributed by atoms with E-state index in [0.717, 1.165) is 53.8 Å². The van der Waals surface area contributed by atoms with Gasteiger partial charge in [-0.2, -0.15) is 5.10 Å². The molecule has 12 nitrogen and oxygen atoms in total. The maximum atomic E-state index is 15.3. The highest BCUT2D eigenvalue weighted by atomic mass is 32.1. The molecule has 15 heteroatoms. The number of carbonyl (C=O) groups is 1. The maximum Gasteiger partial charge on any atom is 0.352 e. The van der Waals surface area contributed by atoms with E-state index >= 15 is 4.39 Å². The molecule has 1 aliphatic rings. The Bertz CT molecular complexity index is 2200. The van der Waals surface area contributed by atoms with E-state index in [9.17, 15) is 18.8 Å². The number of nitrogens with zero attached hydrogens (tertiary/aromatic N) is 5. The number of thiazole rings is 1. The second-order valence-corrected chi connectivity index (χ2v) is 12.3. The summed E-state index contributed by atoms with van der Waals surface area (Å²) in [7, 11) is 0. The molecule has 0 aliphatic carbocycles. The fourth-order valence-electron chi connectivity index (χ4n) is 5.22. The first kappa shape index (κ1) is 33.2. The molecule has 0 bridgehead atoms. The Balaban J connectivity index is 1.25. The molecule has 3 aromatic heterocycles. The number of aromatic nitrogens is 5. The second kappa shape index (κ2) is 14.6. The number of rotatable bonds is 8. The Kier molecular flexibility index (Phi) is 9.88. The maximum absolute atomic E-state index is 15.3. The quantitative estimate of drug-likeness (QED) is 0.203. The van der Waals surface area contributed by atoms with Crippen LogP contribution in [-0.4, -0.2) is 43.3 Å². The summed E-state index contributed by atoms with van der Waals surface area (Å²) in [5, 5.41) is 12.3. The van der Waals surface area contributed by atoms with Crippen LogP contribution in [0, 0.1) is 36.3 Å². The highest BCUT2D eigenvalue weighted by Crippen LogP contribution is 2.30. The topological polar surface area (TPSA) is 159 Å². The molecule has 4 N–H and O–H groups in total. The monoisotopic (exact) mass is 684 g/mol. The van der Waals surface area contributed by atoms with Crippen molar-refractivity contribution < 1.29 is 18.3 Å². The van der Waals surface area contributed by atoms with Gasteiger partial charge in [0.25, 0.3) is 11.5 Å². The number of carbonyl (C=O) groups excluding carboxylic acids is 1. The molecule has 1 aliphatic heterocycles. The number of nitrogen functional groups attached to an aromatic ring is 1. The van der Waals surface area contributed by atoms with Crippen LogP contribution in [0.5, 0.6) is 11.5 Å². The number of benzene rings is 2. The highest BCUT2D eigenvalue weighted by molar-refractivity contribution is 7.09. The third-order valence-corrected chi connectivity index (χ3v) is 8.55. The number of nitrogens with two attached hydrogens (primary N) is 1. The number of amides is 1.